The highest BCUT2D eigenvalue weighted by molar-refractivity contribution is 6.33. The van der Waals surface area contributed by atoms with Crippen molar-refractivity contribution in [3.63, 3.8) is 0 Å². The van der Waals surface area contributed by atoms with Crippen LogP contribution in [-0.4, -0.2) is 17.8 Å². The number of aryl methyl sites for hydroxylation is 1. The van der Waals surface area contributed by atoms with Gasteiger partial charge in [-0.3, -0.25) is 0 Å². The lowest BCUT2D eigenvalue weighted by atomic mass is 9.97. The fourth-order valence-electron chi connectivity index (χ4n) is 0.448. The van der Waals surface area contributed by atoms with E-state index in [1.807, 2.05) is 0 Å². The number of hydrogen-bond acceptors (Lipinski definition) is 2. The fraction of sp³-hybridized carbons (Fsp3) is 0.200. The van der Waals surface area contributed by atoms with Gasteiger partial charge in [-0.25, -0.2) is 9.97 Å². The second-order valence-corrected chi connectivity index (χ2v) is 2.02. The Bertz CT molecular complexity index is 226. The maximum atomic E-state index is 5.44. The number of halogens is 1. The fourth-order valence-corrected chi connectivity index (χ4v) is 0.624. The highest BCUT2D eigenvalue weighted by Crippen LogP contribution is 1.95. The van der Waals surface area contributed by atoms with Crippen molar-refractivity contribution in [2.75, 3.05) is 0 Å². The van der Waals surface area contributed by atoms with Crippen LogP contribution in [0.3, 0.4) is 0 Å². The zero-order valence-electron chi connectivity index (χ0n) is 4.93. The van der Waals surface area contributed by atoms with Gasteiger partial charge in [0.05, 0.1) is 0 Å². The Balaban J connectivity index is 3.17. The molecule has 0 N–H and O–H groups in total. The van der Waals surface area contributed by atoms with E-state index in [9.17, 15) is 0 Å². The standard InChI is InChI=1S/C5H4BClN2/c1-3-4(6)2-8-5(7)9-3/h2H,1H3. The second-order valence-electron chi connectivity index (χ2n) is 1.68. The highest BCUT2D eigenvalue weighted by Gasteiger charge is 1.93. The summed E-state index contributed by atoms with van der Waals surface area (Å²) in [5.41, 5.74) is 1.29. The predicted molar refractivity (Wildman–Crippen MR) is 37.2 cm³/mol. The molecule has 0 amide bonds. The first-order valence-electron chi connectivity index (χ1n) is 2.45. The molecule has 4 heteroatoms. The van der Waals surface area contributed by atoms with Crippen molar-refractivity contribution in [2.45, 2.75) is 6.92 Å². The van der Waals surface area contributed by atoms with Gasteiger partial charge in [0.2, 0.25) is 5.28 Å². The van der Waals surface area contributed by atoms with Crippen LogP contribution in [0.25, 0.3) is 0 Å². The lowest BCUT2D eigenvalue weighted by Crippen LogP contribution is -2.10. The second kappa shape index (κ2) is 2.35. The Morgan fingerprint density at radius 3 is 2.78 bits per heavy atom. The zero-order chi connectivity index (χ0) is 6.85. The molecule has 0 aromatic carbocycles. The predicted octanol–water partition coefficient (Wildman–Crippen LogP) is 0.232. The van der Waals surface area contributed by atoms with Crippen molar-refractivity contribution < 1.29 is 0 Å². The first-order chi connectivity index (χ1) is 4.20. The van der Waals surface area contributed by atoms with Gasteiger partial charge < -0.3 is 0 Å². The smallest absolute Gasteiger partial charge is 0.222 e. The van der Waals surface area contributed by atoms with Gasteiger partial charge in [-0.1, -0.05) is 5.46 Å². The van der Waals surface area contributed by atoms with Crippen molar-refractivity contribution in [1.29, 1.82) is 0 Å². The molecule has 1 aromatic heterocycles. The molecule has 0 unspecified atom stereocenters. The van der Waals surface area contributed by atoms with Crippen LogP contribution >= 0.6 is 11.6 Å². The molecule has 44 valence electrons. The van der Waals surface area contributed by atoms with Gasteiger partial charge >= 0.3 is 0 Å². The molecule has 0 saturated carbocycles. The van der Waals surface area contributed by atoms with Crippen LogP contribution < -0.4 is 5.46 Å². The third kappa shape index (κ3) is 1.42. The van der Waals surface area contributed by atoms with Crippen LogP contribution in [0.1, 0.15) is 5.69 Å². The molecule has 2 nitrogen and oxygen atoms in total. The van der Waals surface area contributed by atoms with Gasteiger partial charge in [0.25, 0.3) is 0 Å². The average Bonchev–Trinajstić information content (AvgIpc) is 1.80. The summed E-state index contributed by atoms with van der Waals surface area (Å²) in [6.07, 6.45) is 1.49. The molecule has 2 radical (unpaired) electrons. The maximum absolute atomic E-state index is 5.44. The summed E-state index contributed by atoms with van der Waals surface area (Å²) in [5.74, 6) is 0. The minimum absolute atomic E-state index is 0.238. The van der Waals surface area contributed by atoms with Gasteiger partial charge in [0, 0.05) is 11.9 Å². The summed E-state index contributed by atoms with van der Waals surface area (Å²) in [5, 5.41) is 0.238. The van der Waals surface area contributed by atoms with Gasteiger partial charge in [-0.2, -0.15) is 0 Å². The van der Waals surface area contributed by atoms with E-state index in [-0.39, 0.29) is 5.28 Å². The Morgan fingerprint density at radius 1 is 1.67 bits per heavy atom. The number of nitrogens with zero attached hydrogens (tertiary/aromatic N) is 2. The van der Waals surface area contributed by atoms with Crippen LogP contribution in [0.4, 0.5) is 0 Å². The van der Waals surface area contributed by atoms with E-state index in [0.717, 1.165) is 5.69 Å². The number of hydrogen-bond donors (Lipinski definition) is 0. The Hall–Kier alpha value is -0.565. The quantitative estimate of drug-likeness (QED) is 0.379. The maximum Gasteiger partial charge on any atom is 0.222 e. The summed E-state index contributed by atoms with van der Waals surface area (Å²) in [4.78, 5) is 7.47. The Morgan fingerprint density at radius 2 is 2.33 bits per heavy atom. The zero-order valence-corrected chi connectivity index (χ0v) is 5.68. The highest BCUT2D eigenvalue weighted by atomic mass is 35.5. The SMILES string of the molecule is [B]c1cnc(Cl)nc1C. The molecule has 0 bridgehead atoms. The summed E-state index contributed by atoms with van der Waals surface area (Å²) in [6, 6.07) is 0. The summed E-state index contributed by atoms with van der Waals surface area (Å²) >= 11 is 5.44. The van der Waals surface area contributed by atoms with E-state index < -0.39 is 0 Å². The van der Waals surface area contributed by atoms with Crippen molar-refractivity contribution in [3.8, 4) is 0 Å². The van der Waals surface area contributed by atoms with Crippen LogP contribution in [-0.2, 0) is 0 Å². The molecular formula is C5H4BClN2. The summed E-state index contributed by atoms with van der Waals surface area (Å²) in [7, 11) is 5.41. The summed E-state index contributed by atoms with van der Waals surface area (Å²) in [6.45, 7) is 1.78. The average molecular weight is 138 g/mol. The molecule has 0 spiro atoms. The Labute approximate surface area is 59.7 Å². The lowest BCUT2D eigenvalue weighted by Gasteiger charge is -1.95. The Kier molecular flexibility index (Phi) is 1.71. The minimum Gasteiger partial charge on any atom is -0.227 e. The van der Waals surface area contributed by atoms with E-state index in [1.54, 1.807) is 6.92 Å². The van der Waals surface area contributed by atoms with Gasteiger partial charge in [-0.05, 0) is 18.5 Å². The van der Waals surface area contributed by atoms with E-state index in [0.29, 0.717) is 5.46 Å². The van der Waals surface area contributed by atoms with E-state index in [4.69, 9.17) is 19.4 Å². The van der Waals surface area contributed by atoms with Crippen molar-refractivity contribution in [1.82, 2.24) is 9.97 Å². The van der Waals surface area contributed by atoms with Crippen LogP contribution in [0, 0.1) is 6.92 Å². The minimum atomic E-state index is 0.238. The topological polar surface area (TPSA) is 25.8 Å². The van der Waals surface area contributed by atoms with Gasteiger partial charge in [0.15, 0.2) is 0 Å². The number of rotatable bonds is 0. The van der Waals surface area contributed by atoms with Gasteiger partial charge in [0.1, 0.15) is 7.85 Å². The van der Waals surface area contributed by atoms with E-state index in [1.165, 1.54) is 6.20 Å². The largest absolute Gasteiger partial charge is 0.227 e. The lowest BCUT2D eigenvalue weighted by molar-refractivity contribution is 1.12. The van der Waals surface area contributed by atoms with Crippen LogP contribution in [0.15, 0.2) is 6.20 Å². The molecular weight excluding hydrogens is 134 g/mol. The molecule has 1 heterocycles. The van der Waals surface area contributed by atoms with E-state index >= 15 is 0 Å². The van der Waals surface area contributed by atoms with Crippen molar-refractivity contribution >= 4 is 24.9 Å². The van der Waals surface area contributed by atoms with Crippen molar-refractivity contribution in [3.05, 3.63) is 17.2 Å². The molecule has 0 aliphatic rings. The third-order valence-electron chi connectivity index (χ3n) is 0.988. The van der Waals surface area contributed by atoms with Gasteiger partial charge in [-0.15, -0.1) is 0 Å². The molecule has 0 aliphatic heterocycles. The summed E-state index contributed by atoms with van der Waals surface area (Å²) < 4.78 is 0. The molecule has 0 aliphatic carbocycles. The van der Waals surface area contributed by atoms with Crippen LogP contribution in [0.2, 0.25) is 5.28 Å². The normalized spacial score (nSPS) is 9.56. The first kappa shape index (κ1) is 6.55. The molecule has 0 atom stereocenters. The molecule has 9 heavy (non-hydrogen) atoms. The van der Waals surface area contributed by atoms with Crippen molar-refractivity contribution in [2.24, 2.45) is 0 Å². The molecule has 0 fully saturated rings. The molecule has 1 aromatic rings. The van der Waals surface area contributed by atoms with Crippen LogP contribution in [0.5, 0.6) is 0 Å². The molecule has 0 saturated heterocycles. The monoisotopic (exact) mass is 138 g/mol. The first-order valence-corrected chi connectivity index (χ1v) is 2.82. The number of aromatic nitrogens is 2. The molecule has 1 rings (SSSR count). The van der Waals surface area contributed by atoms with E-state index in [2.05, 4.69) is 9.97 Å². The third-order valence-corrected chi connectivity index (χ3v) is 1.17.